The Balaban J connectivity index is 1.62. The molecule has 0 radical (unpaired) electrons. The molecule has 2 heterocycles. The lowest BCUT2D eigenvalue weighted by Gasteiger charge is -2.07. The van der Waals surface area contributed by atoms with Gasteiger partial charge >= 0.3 is 0 Å². The van der Waals surface area contributed by atoms with E-state index in [4.69, 9.17) is 8.83 Å². The first-order valence-electron chi connectivity index (χ1n) is 9.00. The second-order valence-electron chi connectivity index (χ2n) is 6.57. The molecule has 0 aliphatic rings. The molecule has 0 spiro atoms. The number of hydrogen-bond donors (Lipinski definition) is 1. The van der Waals surface area contributed by atoms with Crippen molar-refractivity contribution in [1.82, 2.24) is 4.98 Å². The molecule has 0 unspecified atom stereocenters. The molecule has 2 aromatic carbocycles. The molecule has 0 fully saturated rings. The number of rotatable bonds is 5. The number of benzene rings is 2. The van der Waals surface area contributed by atoms with Gasteiger partial charge in [0.15, 0.2) is 11.3 Å². The highest BCUT2D eigenvalue weighted by Crippen LogP contribution is 2.29. The van der Waals surface area contributed by atoms with Gasteiger partial charge in [-0.3, -0.25) is 4.79 Å². The molecule has 0 aliphatic carbocycles. The first-order chi connectivity index (χ1) is 13.1. The number of anilines is 1. The van der Waals surface area contributed by atoms with Crippen LogP contribution in [0.25, 0.3) is 22.6 Å². The Morgan fingerprint density at radius 3 is 2.81 bits per heavy atom. The maximum absolute atomic E-state index is 12.1. The second-order valence-corrected chi connectivity index (χ2v) is 6.57. The van der Waals surface area contributed by atoms with Crippen molar-refractivity contribution in [2.45, 2.75) is 26.2 Å². The normalized spacial score (nSPS) is 12.2. The van der Waals surface area contributed by atoms with E-state index in [0.29, 0.717) is 17.5 Å². The minimum absolute atomic E-state index is 0.264. The SMILES string of the molecule is CC[C@@H](C)c1ccc2oc(-c3cccc(NC(=O)c4ccco4)c3)nc2c1. The van der Waals surface area contributed by atoms with Crippen molar-refractivity contribution in [2.75, 3.05) is 5.32 Å². The Morgan fingerprint density at radius 1 is 1.15 bits per heavy atom. The summed E-state index contributed by atoms with van der Waals surface area (Å²) in [5, 5.41) is 2.82. The molecule has 136 valence electrons. The lowest BCUT2D eigenvalue weighted by Crippen LogP contribution is -2.10. The molecule has 27 heavy (non-hydrogen) atoms. The van der Waals surface area contributed by atoms with Gasteiger partial charge in [0, 0.05) is 11.3 Å². The van der Waals surface area contributed by atoms with Gasteiger partial charge in [-0.15, -0.1) is 0 Å². The average Bonchev–Trinajstić information content (AvgIpc) is 3.36. The Hall–Kier alpha value is -3.34. The summed E-state index contributed by atoms with van der Waals surface area (Å²) in [6.45, 7) is 4.37. The molecule has 1 N–H and O–H groups in total. The van der Waals surface area contributed by atoms with Gasteiger partial charge in [0.05, 0.1) is 6.26 Å². The summed E-state index contributed by atoms with van der Waals surface area (Å²) in [5.41, 5.74) is 4.30. The van der Waals surface area contributed by atoms with Gasteiger partial charge in [0.1, 0.15) is 5.52 Å². The number of carbonyl (C=O) groups excluding carboxylic acids is 1. The number of furan rings is 1. The van der Waals surface area contributed by atoms with E-state index >= 15 is 0 Å². The van der Waals surface area contributed by atoms with Crippen LogP contribution in [0.2, 0.25) is 0 Å². The fraction of sp³-hybridized carbons (Fsp3) is 0.182. The van der Waals surface area contributed by atoms with Crippen molar-refractivity contribution in [2.24, 2.45) is 0 Å². The highest BCUT2D eigenvalue weighted by atomic mass is 16.3. The third kappa shape index (κ3) is 3.49. The Labute approximate surface area is 157 Å². The number of nitrogens with zero attached hydrogens (tertiary/aromatic N) is 1. The van der Waals surface area contributed by atoms with Crippen LogP contribution in [0.5, 0.6) is 0 Å². The maximum atomic E-state index is 12.1. The standard InChI is InChI=1S/C22H20N2O3/c1-3-14(2)15-9-10-19-18(13-15)24-22(27-19)16-6-4-7-17(12-16)23-21(25)20-8-5-11-26-20/h4-14H,3H2,1-2H3,(H,23,25)/t14-/m1/s1. The van der Waals surface area contributed by atoms with Gasteiger partial charge in [-0.25, -0.2) is 4.98 Å². The van der Waals surface area contributed by atoms with Crippen molar-refractivity contribution >= 4 is 22.7 Å². The van der Waals surface area contributed by atoms with Crippen LogP contribution in [-0.2, 0) is 0 Å². The first-order valence-corrected chi connectivity index (χ1v) is 9.00. The zero-order valence-corrected chi connectivity index (χ0v) is 15.2. The van der Waals surface area contributed by atoms with Crippen molar-refractivity contribution in [3.8, 4) is 11.5 Å². The van der Waals surface area contributed by atoms with Gasteiger partial charge in [0.2, 0.25) is 5.89 Å². The van der Waals surface area contributed by atoms with Crippen molar-refractivity contribution < 1.29 is 13.6 Å². The summed E-state index contributed by atoms with van der Waals surface area (Å²) in [6, 6.07) is 16.8. The van der Waals surface area contributed by atoms with Crippen LogP contribution < -0.4 is 5.32 Å². The Bertz CT molecular complexity index is 1080. The smallest absolute Gasteiger partial charge is 0.291 e. The van der Waals surface area contributed by atoms with Crippen LogP contribution >= 0.6 is 0 Å². The van der Waals surface area contributed by atoms with E-state index in [9.17, 15) is 4.79 Å². The van der Waals surface area contributed by atoms with Crippen molar-refractivity contribution in [3.63, 3.8) is 0 Å². The minimum Gasteiger partial charge on any atom is -0.459 e. The van der Waals surface area contributed by atoms with Crippen LogP contribution in [0.1, 0.15) is 42.3 Å². The van der Waals surface area contributed by atoms with Gasteiger partial charge in [-0.1, -0.05) is 26.0 Å². The predicted octanol–water partition coefficient (Wildman–Crippen LogP) is 5.85. The number of oxazole rings is 1. The molecule has 5 nitrogen and oxygen atoms in total. The molecule has 5 heteroatoms. The predicted molar refractivity (Wildman–Crippen MR) is 105 cm³/mol. The highest BCUT2D eigenvalue weighted by molar-refractivity contribution is 6.02. The first kappa shape index (κ1) is 17.1. The van der Waals surface area contributed by atoms with Gasteiger partial charge < -0.3 is 14.2 Å². The van der Waals surface area contributed by atoms with Gasteiger partial charge in [-0.2, -0.15) is 0 Å². The number of carbonyl (C=O) groups is 1. The Morgan fingerprint density at radius 2 is 2.04 bits per heavy atom. The van der Waals surface area contributed by atoms with Crippen LogP contribution in [0, 0.1) is 0 Å². The number of hydrogen-bond acceptors (Lipinski definition) is 4. The molecule has 1 amide bonds. The summed E-state index contributed by atoms with van der Waals surface area (Å²) in [5.74, 6) is 0.975. The average molecular weight is 360 g/mol. The number of fused-ring (bicyclic) bond motifs is 1. The zero-order valence-electron chi connectivity index (χ0n) is 15.2. The fourth-order valence-electron chi connectivity index (χ4n) is 2.94. The van der Waals surface area contributed by atoms with Crippen LogP contribution in [0.4, 0.5) is 5.69 Å². The molecule has 0 saturated heterocycles. The van der Waals surface area contributed by atoms with E-state index in [-0.39, 0.29) is 11.7 Å². The highest BCUT2D eigenvalue weighted by Gasteiger charge is 2.13. The van der Waals surface area contributed by atoms with Crippen LogP contribution in [0.15, 0.2) is 69.7 Å². The summed E-state index contributed by atoms with van der Waals surface area (Å²) >= 11 is 0. The molecule has 0 aliphatic heterocycles. The summed E-state index contributed by atoms with van der Waals surface area (Å²) in [6.07, 6.45) is 2.55. The molecule has 2 aromatic heterocycles. The van der Waals surface area contributed by atoms with E-state index in [1.165, 1.54) is 11.8 Å². The number of nitrogens with one attached hydrogen (secondary N) is 1. The fourth-order valence-corrected chi connectivity index (χ4v) is 2.94. The van der Waals surface area contributed by atoms with Crippen molar-refractivity contribution in [3.05, 3.63) is 72.2 Å². The summed E-state index contributed by atoms with van der Waals surface area (Å²) < 4.78 is 11.0. The molecule has 0 bridgehead atoms. The largest absolute Gasteiger partial charge is 0.459 e. The van der Waals surface area contributed by atoms with E-state index in [0.717, 1.165) is 23.1 Å². The lowest BCUT2D eigenvalue weighted by atomic mass is 9.98. The summed E-state index contributed by atoms with van der Waals surface area (Å²) in [4.78, 5) is 16.8. The van der Waals surface area contributed by atoms with Crippen LogP contribution in [0.3, 0.4) is 0 Å². The Kier molecular flexibility index (Phi) is 4.50. The lowest BCUT2D eigenvalue weighted by molar-refractivity contribution is 0.0996. The van der Waals surface area contributed by atoms with Crippen LogP contribution in [-0.4, -0.2) is 10.9 Å². The zero-order chi connectivity index (χ0) is 18.8. The van der Waals surface area contributed by atoms with E-state index in [1.54, 1.807) is 12.1 Å². The molecular formula is C22H20N2O3. The number of amides is 1. The van der Waals surface area contributed by atoms with Crippen molar-refractivity contribution in [1.29, 1.82) is 0 Å². The minimum atomic E-state index is -0.298. The van der Waals surface area contributed by atoms with E-state index in [1.807, 2.05) is 30.3 Å². The third-order valence-electron chi connectivity index (χ3n) is 4.71. The second kappa shape index (κ2) is 7.11. The molecule has 4 rings (SSSR count). The third-order valence-corrected chi connectivity index (χ3v) is 4.71. The molecule has 4 aromatic rings. The quantitative estimate of drug-likeness (QED) is 0.484. The summed E-state index contributed by atoms with van der Waals surface area (Å²) in [7, 11) is 0. The van der Waals surface area contributed by atoms with E-state index in [2.05, 4.69) is 36.3 Å². The molecule has 1 atom stereocenters. The van der Waals surface area contributed by atoms with Gasteiger partial charge in [0.25, 0.3) is 5.91 Å². The van der Waals surface area contributed by atoms with E-state index < -0.39 is 0 Å². The maximum Gasteiger partial charge on any atom is 0.291 e. The monoisotopic (exact) mass is 360 g/mol. The van der Waals surface area contributed by atoms with Gasteiger partial charge in [-0.05, 0) is 60.4 Å². The topological polar surface area (TPSA) is 68.3 Å². The molecular weight excluding hydrogens is 340 g/mol. The molecule has 0 saturated carbocycles. The number of aromatic nitrogens is 1.